The maximum absolute atomic E-state index is 12.4. The van der Waals surface area contributed by atoms with E-state index in [9.17, 15) is 13.2 Å². The summed E-state index contributed by atoms with van der Waals surface area (Å²) in [4.78, 5) is 11.6. The molecule has 6 heteroatoms. The molecule has 2 rings (SSSR count). The van der Waals surface area contributed by atoms with Crippen LogP contribution in [-0.4, -0.2) is 21.5 Å². The van der Waals surface area contributed by atoms with Crippen LogP contribution in [0.4, 0.5) is 0 Å². The van der Waals surface area contributed by atoms with E-state index in [4.69, 9.17) is 0 Å². The van der Waals surface area contributed by atoms with Crippen molar-refractivity contribution in [1.82, 2.24) is 0 Å². The van der Waals surface area contributed by atoms with E-state index < -0.39 is 15.8 Å². The van der Waals surface area contributed by atoms with Gasteiger partial charge in [-0.3, -0.25) is 0 Å². The third kappa shape index (κ3) is 3.71. The van der Waals surface area contributed by atoms with Gasteiger partial charge in [-0.25, -0.2) is 13.2 Å². The quantitative estimate of drug-likeness (QED) is 0.777. The summed E-state index contributed by atoms with van der Waals surface area (Å²) in [5.41, 5.74) is 0.998. The number of sulfone groups is 1. The summed E-state index contributed by atoms with van der Waals surface area (Å²) in [6.07, 6.45) is 0. The number of hydrogen-bond acceptors (Lipinski definition) is 4. The fourth-order valence-corrected chi connectivity index (χ4v) is 4.31. The van der Waals surface area contributed by atoms with Gasteiger partial charge >= 0.3 is 5.97 Å². The zero-order valence-corrected chi connectivity index (χ0v) is 13.6. The Bertz CT molecular complexity index is 751. The summed E-state index contributed by atoms with van der Waals surface area (Å²) >= 11 is 3.25. The lowest BCUT2D eigenvalue weighted by Gasteiger charge is -2.07. The van der Waals surface area contributed by atoms with Gasteiger partial charge in [0.25, 0.3) is 0 Å². The summed E-state index contributed by atoms with van der Waals surface area (Å²) in [5.74, 6) is -0.577. The second kappa shape index (κ2) is 6.41. The largest absolute Gasteiger partial charge is 0.465 e. The van der Waals surface area contributed by atoms with E-state index in [0.717, 1.165) is 0 Å². The van der Waals surface area contributed by atoms with E-state index in [-0.39, 0.29) is 10.6 Å². The number of esters is 1. The lowest BCUT2D eigenvalue weighted by Crippen LogP contribution is -2.06. The SMILES string of the molecule is COC(=O)c1ccc(CS(=O)(=O)c2ccccc2Br)cc1. The number of ether oxygens (including phenoxy) is 1. The van der Waals surface area contributed by atoms with Gasteiger partial charge < -0.3 is 4.74 Å². The van der Waals surface area contributed by atoms with Crippen LogP contribution in [0.3, 0.4) is 0 Å². The minimum absolute atomic E-state index is 0.128. The van der Waals surface area contributed by atoms with Crippen molar-refractivity contribution in [1.29, 1.82) is 0 Å². The molecule has 0 saturated heterocycles. The van der Waals surface area contributed by atoms with Crippen LogP contribution < -0.4 is 0 Å². The Morgan fingerprint density at radius 1 is 1.10 bits per heavy atom. The van der Waals surface area contributed by atoms with Crippen molar-refractivity contribution in [2.75, 3.05) is 7.11 Å². The van der Waals surface area contributed by atoms with E-state index in [0.29, 0.717) is 15.6 Å². The number of halogens is 1. The third-order valence-corrected chi connectivity index (χ3v) is 5.60. The van der Waals surface area contributed by atoms with Crippen molar-refractivity contribution in [2.45, 2.75) is 10.6 Å². The maximum Gasteiger partial charge on any atom is 0.337 e. The van der Waals surface area contributed by atoms with Gasteiger partial charge in [0, 0.05) is 4.47 Å². The summed E-state index contributed by atoms with van der Waals surface area (Å²) in [6, 6.07) is 13.0. The van der Waals surface area contributed by atoms with Crippen LogP contribution in [0.2, 0.25) is 0 Å². The van der Waals surface area contributed by atoms with Crippen molar-refractivity contribution in [3.8, 4) is 0 Å². The normalized spacial score (nSPS) is 11.1. The van der Waals surface area contributed by atoms with E-state index in [1.54, 1.807) is 48.5 Å². The molecule has 0 aliphatic rings. The first-order valence-electron chi connectivity index (χ1n) is 6.08. The second-order valence-electron chi connectivity index (χ2n) is 4.38. The zero-order chi connectivity index (χ0) is 15.5. The van der Waals surface area contributed by atoms with Gasteiger partial charge in [-0.05, 0) is 45.8 Å². The van der Waals surface area contributed by atoms with Gasteiger partial charge in [0.15, 0.2) is 9.84 Å². The molecule has 0 aliphatic carbocycles. The monoisotopic (exact) mass is 368 g/mol. The van der Waals surface area contributed by atoms with Crippen molar-refractivity contribution >= 4 is 31.7 Å². The smallest absolute Gasteiger partial charge is 0.337 e. The zero-order valence-electron chi connectivity index (χ0n) is 11.2. The molecular weight excluding hydrogens is 356 g/mol. The molecule has 0 radical (unpaired) electrons. The Hall–Kier alpha value is -1.66. The van der Waals surface area contributed by atoms with Crippen molar-refractivity contribution in [2.24, 2.45) is 0 Å². The molecule has 0 aromatic heterocycles. The molecular formula is C15H13BrO4S. The number of benzene rings is 2. The molecule has 0 bridgehead atoms. The van der Waals surface area contributed by atoms with E-state index in [2.05, 4.69) is 20.7 Å². The number of carbonyl (C=O) groups is 1. The molecule has 2 aromatic carbocycles. The van der Waals surface area contributed by atoms with Gasteiger partial charge in [0.05, 0.1) is 23.3 Å². The predicted octanol–water partition coefficient (Wildman–Crippen LogP) is 3.21. The molecule has 21 heavy (non-hydrogen) atoms. The van der Waals surface area contributed by atoms with Gasteiger partial charge in [-0.2, -0.15) is 0 Å². The first-order valence-corrected chi connectivity index (χ1v) is 8.53. The first-order chi connectivity index (χ1) is 9.94. The van der Waals surface area contributed by atoms with Crippen molar-refractivity contribution < 1.29 is 17.9 Å². The van der Waals surface area contributed by atoms with Crippen LogP contribution in [-0.2, 0) is 20.3 Å². The minimum Gasteiger partial charge on any atom is -0.465 e. The number of hydrogen-bond donors (Lipinski definition) is 0. The Morgan fingerprint density at radius 2 is 1.71 bits per heavy atom. The van der Waals surface area contributed by atoms with Gasteiger partial charge in [0.1, 0.15) is 0 Å². The number of methoxy groups -OCH3 is 1. The summed E-state index contributed by atoms with van der Waals surface area (Å²) in [5, 5.41) is 0. The number of rotatable bonds is 4. The van der Waals surface area contributed by atoms with Crippen molar-refractivity contribution in [3.05, 3.63) is 64.1 Å². The second-order valence-corrected chi connectivity index (χ2v) is 7.19. The molecule has 0 fully saturated rings. The van der Waals surface area contributed by atoms with E-state index in [1.807, 2.05) is 0 Å². The molecule has 0 saturated carbocycles. The fourth-order valence-electron chi connectivity index (χ4n) is 1.85. The molecule has 110 valence electrons. The molecule has 0 unspecified atom stereocenters. The predicted molar refractivity (Wildman–Crippen MR) is 82.8 cm³/mol. The van der Waals surface area contributed by atoms with Gasteiger partial charge in [-0.1, -0.05) is 24.3 Å². The Kier molecular flexibility index (Phi) is 4.80. The molecule has 0 atom stereocenters. The molecule has 0 spiro atoms. The lowest BCUT2D eigenvalue weighted by atomic mass is 10.1. The van der Waals surface area contributed by atoms with E-state index >= 15 is 0 Å². The fraction of sp³-hybridized carbons (Fsp3) is 0.133. The summed E-state index contributed by atoms with van der Waals surface area (Å²) in [7, 11) is -2.15. The minimum atomic E-state index is -3.45. The van der Waals surface area contributed by atoms with Crippen LogP contribution >= 0.6 is 15.9 Å². The highest BCUT2D eigenvalue weighted by Crippen LogP contribution is 2.24. The average Bonchev–Trinajstić information content (AvgIpc) is 2.47. The highest BCUT2D eigenvalue weighted by molar-refractivity contribution is 9.10. The summed E-state index contributed by atoms with van der Waals surface area (Å²) in [6.45, 7) is 0. The van der Waals surface area contributed by atoms with Crippen LogP contribution in [0.1, 0.15) is 15.9 Å². The van der Waals surface area contributed by atoms with E-state index in [1.165, 1.54) is 7.11 Å². The van der Waals surface area contributed by atoms with Crippen LogP contribution in [0, 0.1) is 0 Å². The maximum atomic E-state index is 12.4. The molecule has 0 heterocycles. The Balaban J connectivity index is 2.25. The first kappa shape index (κ1) is 15.7. The molecule has 4 nitrogen and oxygen atoms in total. The Labute approximate surface area is 131 Å². The molecule has 0 amide bonds. The number of carbonyl (C=O) groups excluding carboxylic acids is 1. The molecule has 2 aromatic rings. The third-order valence-electron chi connectivity index (χ3n) is 2.90. The van der Waals surface area contributed by atoms with Crippen LogP contribution in [0.5, 0.6) is 0 Å². The standard InChI is InChI=1S/C15H13BrO4S/c1-20-15(17)12-8-6-11(7-9-12)10-21(18,19)14-5-3-2-4-13(14)16/h2-9H,10H2,1H3. The molecule has 0 N–H and O–H groups in total. The average molecular weight is 369 g/mol. The topological polar surface area (TPSA) is 60.4 Å². The van der Waals surface area contributed by atoms with Crippen LogP contribution in [0.25, 0.3) is 0 Å². The van der Waals surface area contributed by atoms with Crippen molar-refractivity contribution in [3.63, 3.8) is 0 Å². The molecule has 0 aliphatic heterocycles. The lowest BCUT2D eigenvalue weighted by molar-refractivity contribution is 0.0600. The van der Waals surface area contributed by atoms with Gasteiger partial charge in [0.2, 0.25) is 0 Å². The summed E-state index contributed by atoms with van der Waals surface area (Å²) < 4.78 is 29.9. The van der Waals surface area contributed by atoms with Crippen LogP contribution in [0.15, 0.2) is 57.9 Å². The Morgan fingerprint density at radius 3 is 2.29 bits per heavy atom. The highest BCUT2D eigenvalue weighted by Gasteiger charge is 2.18. The van der Waals surface area contributed by atoms with Gasteiger partial charge in [-0.15, -0.1) is 0 Å². The highest BCUT2D eigenvalue weighted by atomic mass is 79.9.